The van der Waals surface area contributed by atoms with Gasteiger partial charge in [-0.2, -0.15) is 0 Å². The zero-order chi connectivity index (χ0) is 15.9. The SMILES string of the molecule is Cc1cccc(C2CCCCN2C(=O)C2CC2C(=O)O)c1C. The largest absolute Gasteiger partial charge is 0.481 e. The van der Waals surface area contributed by atoms with Gasteiger partial charge >= 0.3 is 5.97 Å². The highest BCUT2D eigenvalue weighted by molar-refractivity contribution is 5.89. The predicted molar refractivity (Wildman–Crippen MR) is 83.5 cm³/mol. The second-order valence-electron chi connectivity index (χ2n) is 6.62. The third kappa shape index (κ3) is 2.62. The average Bonchev–Trinajstić information content (AvgIpc) is 3.30. The van der Waals surface area contributed by atoms with Gasteiger partial charge in [0.05, 0.1) is 17.9 Å². The maximum atomic E-state index is 12.7. The summed E-state index contributed by atoms with van der Waals surface area (Å²) in [6.07, 6.45) is 3.61. The molecule has 1 N–H and O–H groups in total. The number of carbonyl (C=O) groups is 2. The third-order valence-electron chi connectivity index (χ3n) is 5.22. The second-order valence-corrected chi connectivity index (χ2v) is 6.62. The molecule has 1 aliphatic heterocycles. The maximum absolute atomic E-state index is 12.7. The van der Waals surface area contributed by atoms with Crippen LogP contribution in [-0.2, 0) is 9.59 Å². The number of carboxylic acid groups (broad SMARTS) is 1. The lowest BCUT2D eigenvalue weighted by molar-refractivity contribution is -0.143. The van der Waals surface area contributed by atoms with Crippen LogP contribution in [0.5, 0.6) is 0 Å². The van der Waals surface area contributed by atoms with E-state index in [9.17, 15) is 9.59 Å². The van der Waals surface area contributed by atoms with Gasteiger partial charge in [0.15, 0.2) is 0 Å². The third-order valence-corrected chi connectivity index (χ3v) is 5.22. The molecule has 4 heteroatoms. The first-order chi connectivity index (χ1) is 10.5. The second kappa shape index (κ2) is 5.75. The minimum absolute atomic E-state index is 0.0398. The van der Waals surface area contributed by atoms with Gasteiger partial charge in [0.2, 0.25) is 5.91 Å². The number of hydrogen-bond acceptors (Lipinski definition) is 2. The van der Waals surface area contributed by atoms with Crippen molar-refractivity contribution in [2.75, 3.05) is 6.54 Å². The summed E-state index contributed by atoms with van der Waals surface area (Å²) in [5.74, 6) is -1.56. The minimum atomic E-state index is -0.835. The van der Waals surface area contributed by atoms with Crippen LogP contribution < -0.4 is 0 Å². The number of hydrogen-bond donors (Lipinski definition) is 1. The molecule has 3 unspecified atom stereocenters. The van der Waals surface area contributed by atoms with Gasteiger partial charge in [0, 0.05) is 6.54 Å². The lowest BCUT2D eigenvalue weighted by atomic mass is 9.90. The number of nitrogens with zero attached hydrogens (tertiary/aromatic N) is 1. The number of benzene rings is 1. The van der Waals surface area contributed by atoms with Gasteiger partial charge in [-0.25, -0.2) is 0 Å². The van der Waals surface area contributed by atoms with Crippen molar-refractivity contribution in [3.8, 4) is 0 Å². The summed E-state index contributed by atoms with van der Waals surface area (Å²) in [5.41, 5.74) is 3.71. The first-order valence-electron chi connectivity index (χ1n) is 8.10. The molecule has 118 valence electrons. The maximum Gasteiger partial charge on any atom is 0.307 e. The molecule has 3 atom stereocenters. The van der Waals surface area contributed by atoms with Gasteiger partial charge in [-0.15, -0.1) is 0 Å². The number of amides is 1. The molecule has 1 amide bonds. The van der Waals surface area contributed by atoms with Gasteiger partial charge < -0.3 is 10.0 Å². The zero-order valence-corrected chi connectivity index (χ0v) is 13.2. The molecule has 2 aliphatic rings. The number of aryl methyl sites for hydroxylation is 1. The molecule has 4 nitrogen and oxygen atoms in total. The Balaban J connectivity index is 1.84. The number of carbonyl (C=O) groups excluding carboxylic acids is 1. The normalized spacial score (nSPS) is 27.5. The summed E-state index contributed by atoms with van der Waals surface area (Å²) in [7, 11) is 0. The van der Waals surface area contributed by atoms with Crippen LogP contribution in [0.3, 0.4) is 0 Å². The highest BCUT2D eigenvalue weighted by atomic mass is 16.4. The summed E-state index contributed by atoms with van der Waals surface area (Å²) in [6, 6.07) is 6.36. The summed E-state index contributed by atoms with van der Waals surface area (Å²) in [6.45, 7) is 4.95. The van der Waals surface area contributed by atoms with Crippen molar-refractivity contribution in [1.29, 1.82) is 0 Å². The Kier molecular flexibility index (Phi) is 3.94. The number of likely N-dealkylation sites (tertiary alicyclic amines) is 1. The molecular formula is C18H23NO3. The van der Waals surface area contributed by atoms with Crippen LogP contribution >= 0.6 is 0 Å². The quantitative estimate of drug-likeness (QED) is 0.933. The Labute approximate surface area is 131 Å². The molecule has 1 heterocycles. The van der Waals surface area contributed by atoms with Crippen molar-refractivity contribution in [2.45, 2.75) is 45.6 Å². The minimum Gasteiger partial charge on any atom is -0.481 e. The van der Waals surface area contributed by atoms with Crippen molar-refractivity contribution in [2.24, 2.45) is 11.8 Å². The lowest BCUT2D eigenvalue weighted by Gasteiger charge is -2.37. The molecule has 22 heavy (non-hydrogen) atoms. The highest BCUT2D eigenvalue weighted by Gasteiger charge is 2.51. The molecule has 0 spiro atoms. The molecule has 3 rings (SSSR count). The topological polar surface area (TPSA) is 57.6 Å². The van der Waals surface area contributed by atoms with Gasteiger partial charge in [-0.1, -0.05) is 18.2 Å². The number of carboxylic acids is 1. The van der Waals surface area contributed by atoms with Crippen LogP contribution in [-0.4, -0.2) is 28.4 Å². The summed E-state index contributed by atoms with van der Waals surface area (Å²) in [4.78, 5) is 25.7. The van der Waals surface area contributed by atoms with E-state index >= 15 is 0 Å². The predicted octanol–water partition coefficient (Wildman–Crippen LogP) is 3.08. The fourth-order valence-electron chi connectivity index (χ4n) is 3.61. The number of piperidine rings is 1. The molecule has 0 aromatic heterocycles. The lowest BCUT2D eigenvalue weighted by Crippen LogP contribution is -2.40. The van der Waals surface area contributed by atoms with Crippen LogP contribution in [0.2, 0.25) is 0 Å². The van der Waals surface area contributed by atoms with Gasteiger partial charge in [-0.3, -0.25) is 9.59 Å². The molecule has 0 bridgehead atoms. The van der Waals surface area contributed by atoms with E-state index in [0.29, 0.717) is 6.42 Å². The van der Waals surface area contributed by atoms with Gasteiger partial charge in [0.1, 0.15) is 0 Å². The molecule has 1 aromatic carbocycles. The first-order valence-corrected chi connectivity index (χ1v) is 8.10. The van der Waals surface area contributed by atoms with Gasteiger partial charge in [-0.05, 0) is 56.2 Å². The van der Waals surface area contributed by atoms with Crippen LogP contribution in [0.15, 0.2) is 18.2 Å². The van der Waals surface area contributed by atoms with Crippen molar-refractivity contribution >= 4 is 11.9 Å². The Morgan fingerprint density at radius 2 is 1.95 bits per heavy atom. The highest BCUT2D eigenvalue weighted by Crippen LogP contribution is 2.43. The van der Waals surface area contributed by atoms with Crippen molar-refractivity contribution < 1.29 is 14.7 Å². The Hall–Kier alpha value is -1.84. The summed E-state index contributed by atoms with van der Waals surface area (Å²) in [5, 5.41) is 9.06. The molecule has 2 fully saturated rings. The Morgan fingerprint density at radius 1 is 1.18 bits per heavy atom. The van der Waals surface area contributed by atoms with Crippen molar-refractivity contribution in [3.05, 3.63) is 34.9 Å². The number of rotatable bonds is 3. The molecule has 0 radical (unpaired) electrons. The van der Waals surface area contributed by atoms with E-state index in [2.05, 4.69) is 26.0 Å². The monoisotopic (exact) mass is 301 g/mol. The van der Waals surface area contributed by atoms with E-state index in [1.54, 1.807) is 0 Å². The van der Waals surface area contributed by atoms with E-state index in [0.717, 1.165) is 25.8 Å². The zero-order valence-electron chi connectivity index (χ0n) is 13.2. The fraction of sp³-hybridized carbons (Fsp3) is 0.556. The Bertz CT molecular complexity index is 610. The molecule has 1 aromatic rings. The number of aliphatic carboxylic acids is 1. The summed E-state index contributed by atoms with van der Waals surface area (Å²) >= 11 is 0. The molecular weight excluding hydrogens is 278 g/mol. The van der Waals surface area contributed by atoms with E-state index in [1.807, 2.05) is 11.0 Å². The standard InChI is InChI=1S/C18H23NO3/c1-11-6-5-7-13(12(11)2)16-8-3-4-9-19(16)17(20)14-10-15(14)18(21)22/h5-7,14-16H,3-4,8-10H2,1-2H3,(H,21,22). The van der Waals surface area contributed by atoms with Crippen molar-refractivity contribution in [3.63, 3.8) is 0 Å². The smallest absolute Gasteiger partial charge is 0.307 e. The Morgan fingerprint density at radius 3 is 2.64 bits per heavy atom. The van der Waals surface area contributed by atoms with Gasteiger partial charge in [0.25, 0.3) is 0 Å². The van der Waals surface area contributed by atoms with E-state index in [4.69, 9.17) is 5.11 Å². The molecule has 1 saturated carbocycles. The van der Waals surface area contributed by atoms with Crippen LogP contribution in [0.1, 0.15) is 48.4 Å². The van der Waals surface area contributed by atoms with Crippen LogP contribution in [0.4, 0.5) is 0 Å². The molecule has 1 aliphatic carbocycles. The van der Waals surface area contributed by atoms with Crippen molar-refractivity contribution in [1.82, 2.24) is 4.90 Å². The summed E-state index contributed by atoms with van der Waals surface area (Å²) < 4.78 is 0. The van der Waals surface area contributed by atoms with E-state index < -0.39 is 11.9 Å². The van der Waals surface area contributed by atoms with E-state index in [-0.39, 0.29) is 17.9 Å². The first kappa shape index (κ1) is 15.1. The average molecular weight is 301 g/mol. The van der Waals surface area contributed by atoms with E-state index in [1.165, 1.54) is 16.7 Å². The fourth-order valence-corrected chi connectivity index (χ4v) is 3.61. The van der Waals surface area contributed by atoms with Crippen LogP contribution in [0.25, 0.3) is 0 Å². The van der Waals surface area contributed by atoms with Crippen LogP contribution in [0, 0.1) is 25.7 Å². The molecule has 1 saturated heterocycles.